The van der Waals surface area contributed by atoms with Crippen molar-refractivity contribution in [1.82, 2.24) is 5.32 Å². The van der Waals surface area contributed by atoms with E-state index >= 15 is 0 Å². The lowest BCUT2D eigenvalue weighted by Gasteiger charge is -2.18. The molecular formula is C36H70NO10P. The number of carboxylic acids is 1. The van der Waals surface area contributed by atoms with Gasteiger partial charge in [-0.1, -0.05) is 155 Å². The molecule has 0 radical (unpaired) electrons. The summed E-state index contributed by atoms with van der Waals surface area (Å²) in [5, 5.41) is 21.7. The van der Waals surface area contributed by atoms with Gasteiger partial charge in [0.2, 0.25) is 5.91 Å². The summed E-state index contributed by atoms with van der Waals surface area (Å²) in [7, 11) is -4.74. The van der Waals surface area contributed by atoms with Crippen LogP contribution in [0.2, 0.25) is 0 Å². The van der Waals surface area contributed by atoms with E-state index in [0.717, 1.165) is 38.5 Å². The SMILES string of the molecule is CCCCCCCCCCCCCCCCCCC(=O)OCC(O)COP(=O)(O)OCC(NC(=O)CCCCCCCCCC)C(=O)O. The summed E-state index contributed by atoms with van der Waals surface area (Å²) in [4.78, 5) is 45.5. The first kappa shape index (κ1) is 46.5. The second-order valence-corrected chi connectivity index (χ2v) is 14.6. The molecule has 0 bridgehead atoms. The van der Waals surface area contributed by atoms with Gasteiger partial charge in [0, 0.05) is 12.8 Å². The minimum atomic E-state index is -4.74. The number of carboxylic acid groups (broad SMARTS) is 1. The Balaban J connectivity index is 3.88. The maximum absolute atomic E-state index is 12.2. The molecule has 0 rings (SSSR count). The smallest absolute Gasteiger partial charge is 0.472 e. The molecule has 3 atom stereocenters. The average Bonchev–Trinajstić information content (AvgIpc) is 3.05. The number of phosphoric ester groups is 1. The molecule has 0 aromatic rings. The van der Waals surface area contributed by atoms with E-state index in [9.17, 15) is 34.1 Å². The first-order chi connectivity index (χ1) is 23.1. The minimum absolute atomic E-state index is 0.149. The number of phosphoric acid groups is 1. The number of carbonyl (C=O) groups is 3. The van der Waals surface area contributed by atoms with Gasteiger partial charge in [-0.15, -0.1) is 0 Å². The number of esters is 1. The van der Waals surface area contributed by atoms with Gasteiger partial charge in [0.15, 0.2) is 6.04 Å². The van der Waals surface area contributed by atoms with Gasteiger partial charge in [-0.05, 0) is 12.8 Å². The number of carbonyl (C=O) groups excluding carboxylic acids is 2. The molecule has 0 aromatic heterocycles. The number of ether oxygens (including phenoxy) is 1. The second-order valence-electron chi connectivity index (χ2n) is 13.1. The molecule has 12 heteroatoms. The van der Waals surface area contributed by atoms with E-state index in [0.29, 0.717) is 12.8 Å². The molecule has 0 aromatic carbocycles. The van der Waals surface area contributed by atoms with Crippen LogP contribution in [0.25, 0.3) is 0 Å². The van der Waals surface area contributed by atoms with E-state index < -0.39 is 57.6 Å². The molecule has 4 N–H and O–H groups in total. The lowest BCUT2D eigenvalue weighted by molar-refractivity contribution is -0.147. The van der Waals surface area contributed by atoms with Crippen LogP contribution in [0.4, 0.5) is 0 Å². The molecule has 1 amide bonds. The van der Waals surface area contributed by atoms with Crippen LogP contribution in [0.1, 0.15) is 181 Å². The van der Waals surface area contributed by atoms with Crippen LogP contribution in [-0.4, -0.2) is 64.9 Å². The lowest BCUT2D eigenvalue weighted by Crippen LogP contribution is -2.43. The quantitative estimate of drug-likeness (QED) is 0.0281. The molecule has 0 aliphatic rings. The maximum atomic E-state index is 12.2. The number of aliphatic hydroxyl groups is 1. The average molecular weight is 708 g/mol. The number of rotatable bonds is 36. The maximum Gasteiger partial charge on any atom is 0.472 e. The number of hydrogen-bond donors (Lipinski definition) is 4. The van der Waals surface area contributed by atoms with Gasteiger partial charge in [0.1, 0.15) is 12.7 Å². The third-order valence-electron chi connectivity index (χ3n) is 8.40. The fourth-order valence-electron chi connectivity index (χ4n) is 5.37. The molecule has 48 heavy (non-hydrogen) atoms. The zero-order chi connectivity index (χ0) is 35.7. The van der Waals surface area contributed by atoms with Crippen molar-refractivity contribution < 1.29 is 47.8 Å². The van der Waals surface area contributed by atoms with E-state index in [4.69, 9.17) is 13.8 Å². The van der Waals surface area contributed by atoms with Crippen LogP contribution in [0.15, 0.2) is 0 Å². The van der Waals surface area contributed by atoms with E-state index in [1.807, 2.05) is 0 Å². The first-order valence-corrected chi connectivity index (χ1v) is 20.6. The van der Waals surface area contributed by atoms with Gasteiger partial charge >= 0.3 is 19.8 Å². The number of unbranched alkanes of at least 4 members (excludes halogenated alkanes) is 22. The Morgan fingerprint density at radius 2 is 0.958 bits per heavy atom. The van der Waals surface area contributed by atoms with Crippen LogP contribution in [0.5, 0.6) is 0 Å². The zero-order valence-electron chi connectivity index (χ0n) is 30.3. The molecule has 11 nitrogen and oxygen atoms in total. The van der Waals surface area contributed by atoms with Gasteiger partial charge in [-0.25, -0.2) is 9.36 Å². The van der Waals surface area contributed by atoms with E-state index in [1.54, 1.807) is 0 Å². The van der Waals surface area contributed by atoms with Crippen LogP contribution >= 0.6 is 7.82 Å². The van der Waals surface area contributed by atoms with Crippen LogP contribution in [0, 0.1) is 0 Å². The monoisotopic (exact) mass is 707 g/mol. The highest BCUT2D eigenvalue weighted by Gasteiger charge is 2.28. The summed E-state index contributed by atoms with van der Waals surface area (Å²) >= 11 is 0. The molecular weight excluding hydrogens is 637 g/mol. The number of nitrogens with one attached hydrogen (secondary N) is 1. The van der Waals surface area contributed by atoms with Crippen molar-refractivity contribution in [1.29, 1.82) is 0 Å². The van der Waals surface area contributed by atoms with Crippen molar-refractivity contribution in [2.75, 3.05) is 19.8 Å². The molecule has 0 fully saturated rings. The van der Waals surface area contributed by atoms with Crippen LogP contribution in [0.3, 0.4) is 0 Å². The third kappa shape index (κ3) is 31.7. The normalized spacial score (nSPS) is 13.9. The standard InChI is InChI=1S/C36H70NO10P/c1-3-5-7-9-11-13-14-15-16-17-18-19-20-22-24-26-28-35(40)45-29-32(38)30-46-48(43,44)47-31-33(36(41)42)37-34(39)27-25-23-21-12-10-8-6-4-2/h32-33,38H,3-31H2,1-2H3,(H,37,39)(H,41,42)(H,43,44). The number of aliphatic carboxylic acids is 1. The van der Waals surface area contributed by atoms with Crippen molar-refractivity contribution in [2.45, 2.75) is 193 Å². The van der Waals surface area contributed by atoms with Crippen molar-refractivity contribution in [3.8, 4) is 0 Å². The van der Waals surface area contributed by atoms with Gasteiger partial charge in [0.25, 0.3) is 0 Å². The Morgan fingerprint density at radius 1 is 0.583 bits per heavy atom. The highest BCUT2D eigenvalue weighted by molar-refractivity contribution is 7.47. The Labute approximate surface area is 291 Å². The first-order valence-electron chi connectivity index (χ1n) is 19.1. The predicted molar refractivity (Wildman–Crippen MR) is 190 cm³/mol. The Hall–Kier alpha value is -1.52. The molecule has 0 aliphatic carbocycles. The molecule has 0 spiro atoms. The minimum Gasteiger partial charge on any atom is -0.480 e. The summed E-state index contributed by atoms with van der Waals surface area (Å²) in [5.74, 6) is -2.37. The van der Waals surface area contributed by atoms with Crippen molar-refractivity contribution >= 4 is 25.7 Å². The molecule has 0 saturated heterocycles. The van der Waals surface area contributed by atoms with Crippen molar-refractivity contribution in [2.24, 2.45) is 0 Å². The third-order valence-corrected chi connectivity index (χ3v) is 9.35. The Kier molecular flexibility index (Phi) is 31.6. The highest BCUT2D eigenvalue weighted by atomic mass is 31.2. The fourth-order valence-corrected chi connectivity index (χ4v) is 6.15. The van der Waals surface area contributed by atoms with Crippen LogP contribution in [-0.2, 0) is 32.7 Å². The van der Waals surface area contributed by atoms with Crippen molar-refractivity contribution in [3.63, 3.8) is 0 Å². The summed E-state index contributed by atoms with van der Waals surface area (Å²) in [6.07, 6.45) is 27.3. The molecule has 3 unspecified atom stereocenters. The van der Waals surface area contributed by atoms with Gasteiger partial charge in [-0.3, -0.25) is 18.6 Å². The second kappa shape index (κ2) is 32.7. The van der Waals surface area contributed by atoms with E-state index in [-0.39, 0.29) is 12.8 Å². The lowest BCUT2D eigenvalue weighted by atomic mass is 10.0. The summed E-state index contributed by atoms with van der Waals surface area (Å²) in [6, 6.07) is -1.54. The highest BCUT2D eigenvalue weighted by Crippen LogP contribution is 2.43. The molecule has 284 valence electrons. The fraction of sp³-hybridized carbons (Fsp3) is 0.917. The number of amides is 1. The molecule has 0 saturated carbocycles. The summed E-state index contributed by atoms with van der Waals surface area (Å²) < 4.78 is 26.7. The van der Waals surface area contributed by atoms with Crippen LogP contribution < -0.4 is 5.32 Å². The topological polar surface area (TPSA) is 169 Å². The molecule has 0 heterocycles. The summed E-state index contributed by atoms with van der Waals surface area (Å²) in [5.41, 5.74) is 0. The van der Waals surface area contributed by atoms with E-state index in [2.05, 4.69) is 19.2 Å². The van der Waals surface area contributed by atoms with Crippen molar-refractivity contribution in [3.05, 3.63) is 0 Å². The summed E-state index contributed by atoms with van der Waals surface area (Å²) in [6.45, 7) is 2.54. The predicted octanol–water partition coefficient (Wildman–Crippen LogP) is 8.78. The Morgan fingerprint density at radius 3 is 1.38 bits per heavy atom. The van der Waals surface area contributed by atoms with Gasteiger partial charge < -0.3 is 25.2 Å². The number of aliphatic hydroxyl groups excluding tert-OH is 1. The Bertz CT molecular complexity index is 844. The molecule has 0 aliphatic heterocycles. The largest absolute Gasteiger partial charge is 0.480 e. The number of hydrogen-bond acceptors (Lipinski definition) is 8. The van der Waals surface area contributed by atoms with E-state index in [1.165, 1.54) is 103 Å². The van der Waals surface area contributed by atoms with Gasteiger partial charge in [0.05, 0.1) is 13.2 Å². The van der Waals surface area contributed by atoms with Gasteiger partial charge in [-0.2, -0.15) is 0 Å². The zero-order valence-corrected chi connectivity index (χ0v) is 31.2.